The number of amides is 2. The Morgan fingerprint density at radius 3 is 2.42 bits per heavy atom. The molecule has 0 fully saturated rings. The number of phenols is 2. The topological polar surface area (TPSA) is 163 Å². The van der Waals surface area contributed by atoms with Crippen molar-refractivity contribution in [3.05, 3.63) is 99.2 Å². The van der Waals surface area contributed by atoms with E-state index in [4.69, 9.17) is 4.74 Å². The zero-order chi connectivity index (χ0) is 26.2. The van der Waals surface area contributed by atoms with Gasteiger partial charge in [0.1, 0.15) is 17.2 Å². The Morgan fingerprint density at radius 2 is 1.78 bits per heavy atom. The minimum atomic E-state index is -0.824. The van der Waals surface area contributed by atoms with Crippen molar-refractivity contribution < 1.29 is 29.5 Å². The van der Waals surface area contributed by atoms with Crippen molar-refractivity contribution in [1.82, 2.24) is 10.7 Å². The standard InChI is InChI=1S/C25H22N4O7/c1-15(19-10-9-18(30)14-22(19)31)27-28-25(33)20(26-24(32)17-6-4-3-5-7-17)12-16-8-11-23(36-2)21(13-16)29(34)35/h3-14,30-31H,1-2H3,(H,26,32)(H,28,33)/b20-12-,27-15-. The summed E-state index contributed by atoms with van der Waals surface area (Å²) in [5.74, 6) is -1.77. The maximum Gasteiger partial charge on any atom is 0.311 e. The van der Waals surface area contributed by atoms with Crippen LogP contribution in [0.3, 0.4) is 0 Å². The molecule has 36 heavy (non-hydrogen) atoms. The minimum Gasteiger partial charge on any atom is -0.508 e. The summed E-state index contributed by atoms with van der Waals surface area (Å²) in [6.07, 6.45) is 1.26. The molecule has 0 atom stereocenters. The van der Waals surface area contributed by atoms with Crippen LogP contribution in [0.1, 0.15) is 28.4 Å². The number of nitrogens with zero attached hydrogens (tertiary/aromatic N) is 2. The Morgan fingerprint density at radius 1 is 1.06 bits per heavy atom. The number of ether oxygens (including phenoxy) is 1. The van der Waals surface area contributed by atoms with E-state index in [1.165, 1.54) is 50.4 Å². The number of nitro groups is 1. The zero-order valence-electron chi connectivity index (χ0n) is 19.3. The van der Waals surface area contributed by atoms with Crippen LogP contribution in [0, 0.1) is 10.1 Å². The summed E-state index contributed by atoms with van der Waals surface area (Å²) >= 11 is 0. The average molecular weight is 490 g/mol. The van der Waals surface area contributed by atoms with Crippen LogP contribution in [0.4, 0.5) is 5.69 Å². The lowest BCUT2D eigenvalue weighted by Crippen LogP contribution is -2.33. The minimum absolute atomic E-state index is 0.0328. The van der Waals surface area contributed by atoms with Gasteiger partial charge in [0.05, 0.1) is 17.7 Å². The third-order valence-corrected chi connectivity index (χ3v) is 4.94. The van der Waals surface area contributed by atoms with Gasteiger partial charge in [-0.3, -0.25) is 19.7 Å². The molecule has 2 amide bonds. The molecule has 0 radical (unpaired) electrons. The van der Waals surface area contributed by atoms with E-state index in [9.17, 15) is 29.9 Å². The summed E-state index contributed by atoms with van der Waals surface area (Å²) in [7, 11) is 1.29. The molecular formula is C25H22N4O7. The molecule has 0 spiro atoms. The van der Waals surface area contributed by atoms with Gasteiger partial charge in [-0.25, -0.2) is 5.43 Å². The van der Waals surface area contributed by atoms with Crippen LogP contribution in [0.25, 0.3) is 6.08 Å². The number of hydrazone groups is 1. The highest BCUT2D eigenvalue weighted by molar-refractivity contribution is 6.06. The number of hydrogen-bond donors (Lipinski definition) is 4. The van der Waals surface area contributed by atoms with Gasteiger partial charge in [0.25, 0.3) is 11.8 Å². The summed E-state index contributed by atoms with van der Waals surface area (Å²) in [5.41, 5.74) is 2.74. The highest BCUT2D eigenvalue weighted by Gasteiger charge is 2.18. The predicted octanol–water partition coefficient (Wildman–Crippen LogP) is 3.33. The van der Waals surface area contributed by atoms with Crippen LogP contribution < -0.4 is 15.5 Å². The Labute approximate surface area is 205 Å². The lowest BCUT2D eigenvalue weighted by Gasteiger charge is -2.11. The van der Waals surface area contributed by atoms with Crippen LogP contribution in [-0.4, -0.2) is 39.8 Å². The molecule has 0 saturated heterocycles. The molecule has 0 saturated carbocycles. The van der Waals surface area contributed by atoms with Gasteiger partial charge in [0.2, 0.25) is 0 Å². The molecule has 11 nitrogen and oxygen atoms in total. The molecule has 184 valence electrons. The van der Waals surface area contributed by atoms with Crippen molar-refractivity contribution in [1.29, 1.82) is 0 Å². The fourth-order valence-electron chi connectivity index (χ4n) is 3.13. The smallest absolute Gasteiger partial charge is 0.311 e. The number of carbonyl (C=O) groups is 2. The summed E-state index contributed by atoms with van der Waals surface area (Å²) in [6, 6.07) is 16.1. The van der Waals surface area contributed by atoms with Crippen molar-refractivity contribution in [3.63, 3.8) is 0 Å². The molecule has 0 aliphatic carbocycles. The Kier molecular flexibility index (Phi) is 7.98. The van der Waals surface area contributed by atoms with Crippen LogP contribution in [0.2, 0.25) is 0 Å². The number of rotatable bonds is 8. The van der Waals surface area contributed by atoms with Crippen LogP contribution in [0.15, 0.2) is 77.5 Å². The first-order valence-corrected chi connectivity index (χ1v) is 10.5. The second-order valence-corrected chi connectivity index (χ2v) is 7.41. The highest BCUT2D eigenvalue weighted by atomic mass is 16.6. The fourth-order valence-corrected chi connectivity index (χ4v) is 3.13. The summed E-state index contributed by atoms with van der Waals surface area (Å²) in [5, 5.41) is 37.3. The first-order valence-electron chi connectivity index (χ1n) is 10.5. The molecule has 3 aromatic carbocycles. The van der Waals surface area contributed by atoms with Gasteiger partial charge in [-0.1, -0.05) is 24.3 Å². The van der Waals surface area contributed by atoms with Gasteiger partial charge in [-0.15, -0.1) is 0 Å². The molecular weight excluding hydrogens is 468 g/mol. The molecule has 0 bridgehead atoms. The molecule has 3 aromatic rings. The third kappa shape index (κ3) is 6.23. The van der Waals surface area contributed by atoms with Crippen molar-refractivity contribution in [2.45, 2.75) is 6.92 Å². The highest BCUT2D eigenvalue weighted by Crippen LogP contribution is 2.28. The quantitative estimate of drug-likeness (QED) is 0.163. The first-order chi connectivity index (χ1) is 17.2. The molecule has 0 aliphatic rings. The molecule has 0 heterocycles. The molecule has 0 aliphatic heterocycles. The van der Waals surface area contributed by atoms with Crippen molar-refractivity contribution in [3.8, 4) is 17.2 Å². The van der Waals surface area contributed by atoms with Gasteiger partial charge in [0.15, 0.2) is 5.75 Å². The van der Waals surface area contributed by atoms with E-state index in [0.717, 1.165) is 6.07 Å². The van der Waals surface area contributed by atoms with E-state index < -0.39 is 16.7 Å². The molecule has 11 heteroatoms. The lowest BCUT2D eigenvalue weighted by molar-refractivity contribution is -0.385. The number of benzene rings is 3. The zero-order valence-corrected chi connectivity index (χ0v) is 19.3. The number of nitro benzene ring substituents is 1. The Bertz CT molecular complexity index is 1370. The van der Waals surface area contributed by atoms with E-state index >= 15 is 0 Å². The molecule has 4 N–H and O–H groups in total. The average Bonchev–Trinajstić information content (AvgIpc) is 2.87. The van der Waals surface area contributed by atoms with Gasteiger partial charge in [-0.05, 0) is 48.9 Å². The molecule has 0 aromatic heterocycles. The number of phenolic OH excluding ortho intramolecular Hbond substituents is 2. The largest absolute Gasteiger partial charge is 0.508 e. The SMILES string of the molecule is COc1ccc(/C=C(\NC(=O)c2ccccc2)C(=O)N/N=C(/C)c2ccc(O)cc2O)cc1[N+](=O)[O-]. The second kappa shape index (κ2) is 11.3. The van der Waals surface area contributed by atoms with Gasteiger partial charge in [-0.2, -0.15) is 5.10 Å². The predicted molar refractivity (Wildman–Crippen MR) is 132 cm³/mol. The van der Waals surface area contributed by atoms with Gasteiger partial charge in [0, 0.05) is 23.3 Å². The van der Waals surface area contributed by atoms with E-state index in [-0.39, 0.29) is 51.0 Å². The van der Waals surface area contributed by atoms with Crippen molar-refractivity contribution in [2.24, 2.45) is 5.10 Å². The number of aromatic hydroxyl groups is 2. The van der Waals surface area contributed by atoms with E-state index in [2.05, 4.69) is 15.8 Å². The second-order valence-electron chi connectivity index (χ2n) is 7.41. The number of carbonyl (C=O) groups excluding carboxylic acids is 2. The van der Waals surface area contributed by atoms with Crippen molar-refractivity contribution >= 4 is 29.3 Å². The number of nitrogens with one attached hydrogen (secondary N) is 2. The maximum absolute atomic E-state index is 13.0. The number of hydrogen-bond acceptors (Lipinski definition) is 8. The first kappa shape index (κ1) is 25.4. The van der Waals surface area contributed by atoms with E-state index in [1.807, 2.05) is 0 Å². The fraction of sp³-hybridized carbons (Fsp3) is 0.0800. The monoisotopic (exact) mass is 490 g/mol. The van der Waals surface area contributed by atoms with Gasteiger partial charge < -0.3 is 20.3 Å². The normalized spacial score (nSPS) is 11.5. The molecule has 3 rings (SSSR count). The maximum atomic E-state index is 13.0. The Balaban J connectivity index is 1.95. The Hall–Kier alpha value is -5.19. The van der Waals surface area contributed by atoms with Crippen LogP contribution >= 0.6 is 0 Å². The van der Waals surface area contributed by atoms with E-state index in [0.29, 0.717) is 0 Å². The van der Waals surface area contributed by atoms with Gasteiger partial charge >= 0.3 is 5.69 Å². The summed E-state index contributed by atoms with van der Waals surface area (Å²) in [6.45, 7) is 1.52. The van der Waals surface area contributed by atoms with E-state index in [1.54, 1.807) is 30.3 Å². The number of methoxy groups -OCH3 is 1. The van der Waals surface area contributed by atoms with Crippen molar-refractivity contribution in [2.75, 3.05) is 7.11 Å². The van der Waals surface area contributed by atoms with Crippen LogP contribution in [0.5, 0.6) is 17.2 Å². The third-order valence-electron chi connectivity index (χ3n) is 4.94. The lowest BCUT2D eigenvalue weighted by atomic mass is 10.1. The van der Waals surface area contributed by atoms with Crippen LogP contribution in [-0.2, 0) is 4.79 Å². The summed E-state index contributed by atoms with van der Waals surface area (Å²) < 4.78 is 5.00. The molecule has 0 unspecified atom stereocenters. The summed E-state index contributed by atoms with van der Waals surface area (Å²) in [4.78, 5) is 36.4.